The molecule has 8 heteroatoms. The Balaban J connectivity index is 1.25. The second-order valence-corrected chi connectivity index (χ2v) is 13.2. The van der Waals surface area contributed by atoms with Gasteiger partial charge in [0.25, 0.3) is 0 Å². The summed E-state index contributed by atoms with van der Waals surface area (Å²) in [5.41, 5.74) is 7.31. The third-order valence-electron chi connectivity index (χ3n) is 9.49. The number of unbranched alkanes of at least 4 members (excludes halogenated alkanes) is 2. The molecular formula is C42H51N3O5. The number of benzene rings is 4. The number of ether oxygens (including phenoxy) is 2. The summed E-state index contributed by atoms with van der Waals surface area (Å²) in [7, 11) is 2.14. The molecule has 1 aliphatic rings. The molecule has 0 bridgehead atoms. The molecule has 4 aromatic carbocycles. The number of carbonyl (C=O) groups excluding carboxylic acids is 2. The Hall–Kier alpha value is -4.34. The second kappa shape index (κ2) is 18.6. The summed E-state index contributed by atoms with van der Waals surface area (Å²) in [5.74, 6) is 0.00334. The molecule has 1 heterocycles. The van der Waals surface area contributed by atoms with E-state index in [0.29, 0.717) is 19.5 Å². The average molecular weight is 678 g/mol. The van der Waals surface area contributed by atoms with Gasteiger partial charge in [-0.25, -0.2) is 0 Å². The number of rotatable bonds is 16. The molecule has 0 unspecified atom stereocenters. The largest absolute Gasteiger partial charge is 0.392 e. The van der Waals surface area contributed by atoms with E-state index in [2.05, 4.69) is 90.2 Å². The first kappa shape index (κ1) is 36.9. The van der Waals surface area contributed by atoms with Crippen LogP contribution in [0.3, 0.4) is 0 Å². The van der Waals surface area contributed by atoms with Crippen molar-refractivity contribution in [2.75, 3.05) is 20.1 Å². The van der Waals surface area contributed by atoms with Crippen molar-refractivity contribution in [3.05, 3.63) is 131 Å². The molecule has 4 aromatic rings. The van der Waals surface area contributed by atoms with Gasteiger partial charge in [0, 0.05) is 51.0 Å². The van der Waals surface area contributed by atoms with E-state index < -0.39 is 6.29 Å². The highest BCUT2D eigenvalue weighted by atomic mass is 16.7. The quantitative estimate of drug-likeness (QED) is 0.107. The zero-order valence-corrected chi connectivity index (χ0v) is 29.5. The maximum atomic E-state index is 12.6. The first-order valence-corrected chi connectivity index (χ1v) is 17.8. The van der Waals surface area contributed by atoms with Crippen molar-refractivity contribution in [3.63, 3.8) is 0 Å². The van der Waals surface area contributed by atoms with Crippen LogP contribution < -0.4 is 10.6 Å². The van der Waals surface area contributed by atoms with E-state index in [0.717, 1.165) is 65.6 Å². The van der Waals surface area contributed by atoms with Gasteiger partial charge in [0.05, 0.1) is 18.8 Å². The smallest absolute Gasteiger partial charge is 0.220 e. The van der Waals surface area contributed by atoms with Gasteiger partial charge in [-0.05, 0) is 60.2 Å². The van der Waals surface area contributed by atoms with Crippen molar-refractivity contribution in [3.8, 4) is 11.1 Å². The fourth-order valence-corrected chi connectivity index (χ4v) is 6.41. The number of hydrogen-bond donors (Lipinski definition) is 3. The minimum absolute atomic E-state index is 0.00626. The summed E-state index contributed by atoms with van der Waals surface area (Å²) >= 11 is 0. The number of aliphatic hydroxyl groups is 1. The molecule has 0 radical (unpaired) electrons. The average Bonchev–Trinajstić information content (AvgIpc) is 3.15. The molecule has 2 amide bonds. The molecule has 264 valence electrons. The predicted molar refractivity (Wildman–Crippen MR) is 197 cm³/mol. The summed E-state index contributed by atoms with van der Waals surface area (Å²) in [6.45, 7) is 5.58. The number of aliphatic hydroxyl groups excluding tert-OH is 1. The van der Waals surface area contributed by atoms with Crippen LogP contribution in [0.4, 0.5) is 0 Å². The lowest BCUT2D eigenvalue weighted by Gasteiger charge is -2.39. The normalized spacial score (nSPS) is 18.1. The Kier molecular flexibility index (Phi) is 13.7. The van der Waals surface area contributed by atoms with E-state index in [-0.39, 0.29) is 36.7 Å². The Morgan fingerprint density at radius 1 is 0.840 bits per heavy atom. The predicted octanol–water partition coefficient (Wildman–Crippen LogP) is 7.40. The highest BCUT2D eigenvalue weighted by molar-refractivity contribution is 5.76. The van der Waals surface area contributed by atoms with Crippen LogP contribution in [0.1, 0.15) is 92.2 Å². The van der Waals surface area contributed by atoms with Crippen LogP contribution in [0, 0.1) is 0 Å². The monoisotopic (exact) mass is 677 g/mol. The van der Waals surface area contributed by atoms with E-state index in [4.69, 9.17) is 9.47 Å². The summed E-state index contributed by atoms with van der Waals surface area (Å²) in [6, 6.07) is 35.2. The molecule has 8 nitrogen and oxygen atoms in total. The Labute approximate surface area is 296 Å². The van der Waals surface area contributed by atoms with Crippen LogP contribution >= 0.6 is 0 Å². The second-order valence-electron chi connectivity index (χ2n) is 13.2. The molecule has 50 heavy (non-hydrogen) atoms. The van der Waals surface area contributed by atoms with E-state index in [1.807, 2.05) is 42.5 Å². The van der Waals surface area contributed by atoms with Crippen molar-refractivity contribution in [2.45, 2.75) is 83.6 Å². The van der Waals surface area contributed by atoms with Gasteiger partial charge < -0.3 is 25.2 Å². The topological polar surface area (TPSA) is 100 Å². The van der Waals surface area contributed by atoms with Gasteiger partial charge in [0.1, 0.15) is 0 Å². The molecule has 0 saturated carbocycles. The summed E-state index contributed by atoms with van der Waals surface area (Å²) in [6.07, 6.45) is 2.97. The SMILES string of the molecule is CC(=O)NCCCCCC(=O)NCc1ccccc1-c1ccc([C@H]2O[C@@H](CN(C)[C@@H](C)c3ccccc3)C[C@@H](c3ccc(CO)cc3)O2)cc1. The lowest BCUT2D eigenvalue weighted by Crippen LogP contribution is -2.38. The summed E-state index contributed by atoms with van der Waals surface area (Å²) in [4.78, 5) is 25.9. The van der Waals surface area contributed by atoms with Crippen molar-refractivity contribution in [2.24, 2.45) is 0 Å². The lowest BCUT2D eigenvalue weighted by atomic mass is 9.97. The Morgan fingerprint density at radius 3 is 2.26 bits per heavy atom. The van der Waals surface area contributed by atoms with Gasteiger partial charge >= 0.3 is 0 Å². The van der Waals surface area contributed by atoms with Crippen LogP contribution in [0.2, 0.25) is 0 Å². The number of nitrogens with one attached hydrogen (secondary N) is 2. The fourth-order valence-electron chi connectivity index (χ4n) is 6.41. The zero-order valence-electron chi connectivity index (χ0n) is 29.5. The fraction of sp³-hybridized carbons (Fsp3) is 0.381. The van der Waals surface area contributed by atoms with Crippen LogP contribution in [0.5, 0.6) is 0 Å². The molecule has 3 N–H and O–H groups in total. The number of amides is 2. The third kappa shape index (κ3) is 10.6. The van der Waals surface area contributed by atoms with Gasteiger partial charge in [-0.15, -0.1) is 0 Å². The summed E-state index contributed by atoms with van der Waals surface area (Å²) < 4.78 is 13.3. The molecule has 1 saturated heterocycles. The van der Waals surface area contributed by atoms with Gasteiger partial charge in [-0.1, -0.05) is 110 Å². The van der Waals surface area contributed by atoms with Crippen LogP contribution in [-0.2, 0) is 32.2 Å². The molecule has 1 fully saturated rings. The number of carbonyl (C=O) groups is 2. The zero-order chi connectivity index (χ0) is 35.3. The molecule has 4 atom stereocenters. The number of hydrogen-bond acceptors (Lipinski definition) is 6. The lowest BCUT2D eigenvalue weighted by molar-refractivity contribution is -0.253. The van der Waals surface area contributed by atoms with Crippen molar-refractivity contribution in [1.29, 1.82) is 0 Å². The highest BCUT2D eigenvalue weighted by Gasteiger charge is 2.33. The van der Waals surface area contributed by atoms with Gasteiger partial charge in [-0.3, -0.25) is 14.5 Å². The minimum Gasteiger partial charge on any atom is -0.392 e. The molecule has 0 spiro atoms. The molecule has 0 aromatic heterocycles. The number of nitrogens with zero attached hydrogens (tertiary/aromatic N) is 1. The van der Waals surface area contributed by atoms with Crippen LogP contribution in [0.15, 0.2) is 103 Å². The summed E-state index contributed by atoms with van der Waals surface area (Å²) in [5, 5.41) is 15.4. The van der Waals surface area contributed by atoms with Crippen molar-refractivity contribution >= 4 is 11.8 Å². The molecule has 1 aliphatic heterocycles. The van der Waals surface area contributed by atoms with Crippen molar-refractivity contribution in [1.82, 2.24) is 15.5 Å². The molecular weight excluding hydrogens is 626 g/mol. The maximum absolute atomic E-state index is 12.6. The van der Waals surface area contributed by atoms with E-state index in [1.54, 1.807) is 0 Å². The molecule has 5 rings (SSSR count). The molecule has 0 aliphatic carbocycles. The Morgan fingerprint density at radius 2 is 1.54 bits per heavy atom. The van der Waals surface area contributed by atoms with Crippen molar-refractivity contribution < 1.29 is 24.2 Å². The van der Waals surface area contributed by atoms with E-state index in [9.17, 15) is 14.7 Å². The minimum atomic E-state index is -0.543. The van der Waals surface area contributed by atoms with Crippen LogP contribution in [0.25, 0.3) is 11.1 Å². The first-order valence-electron chi connectivity index (χ1n) is 17.8. The van der Waals surface area contributed by atoms with Crippen LogP contribution in [-0.4, -0.2) is 48.1 Å². The van der Waals surface area contributed by atoms with Gasteiger partial charge in [-0.2, -0.15) is 0 Å². The number of likely N-dealkylation sites (N-methyl/N-ethyl adjacent to an activating group) is 1. The van der Waals surface area contributed by atoms with Gasteiger partial charge in [0.15, 0.2) is 6.29 Å². The maximum Gasteiger partial charge on any atom is 0.220 e. The Bertz CT molecular complexity index is 1640. The van der Waals surface area contributed by atoms with E-state index in [1.165, 1.54) is 12.5 Å². The standard InChI is InChI=1S/C42H51N3O5/c1-30(33-12-6-4-7-13-33)45(3)28-38-26-40(35-19-17-32(29-46)18-20-35)50-42(49-38)36-23-21-34(22-24-36)39-15-10-9-14-37(39)27-44-41(48)16-8-5-11-25-43-31(2)47/h4,6-7,9-10,12-15,17-24,30,38,40,42,46H,5,8,11,16,25-29H2,1-3H3,(H,43,47)(H,44,48)/t30-,38+,40-,42-/m0/s1. The third-order valence-corrected chi connectivity index (χ3v) is 9.49. The first-order chi connectivity index (χ1) is 24.3. The highest BCUT2D eigenvalue weighted by Crippen LogP contribution is 2.39. The van der Waals surface area contributed by atoms with Gasteiger partial charge in [0.2, 0.25) is 11.8 Å². The van der Waals surface area contributed by atoms with E-state index >= 15 is 0 Å².